The van der Waals surface area contributed by atoms with E-state index >= 15 is 0 Å². The fraction of sp³-hybridized carbons (Fsp3) is 1.00. The molecule has 4 atom stereocenters. The van der Waals surface area contributed by atoms with Gasteiger partial charge in [-0.25, -0.2) is 0 Å². The zero-order valence-corrected chi connectivity index (χ0v) is 9.06. The standard InChI is InChI=1S/C9H20O7/c1-2-3-9(15,16)8(14)7(13)6(12)5(11)4-10/h5-8,10-16H,2-4H2,1H3/t5-,6-,7+,8-/m1/s1. The minimum absolute atomic E-state index is 0.201. The van der Waals surface area contributed by atoms with Crippen molar-refractivity contribution in [3.63, 3.8) is 0 Å². The van der Waals surface area contributed by atoms with Gasteiger partial charge in [-0.3, -0.25) is 0 Å². The van der Waals surface area contributed by atoms with Crippen molar-refractivity contribution in [3.05, 3.63) is 0 Å². The van der Waals surface area contributed by atoms with E-state index in [0.717, 1.165) is 0 Å². The zero-order valence-electron chi connectivity index (χ0n) is 9.06. The predicted molar refractivity (Wildman–Crippen MR) is 53.2 cm³/mol. The van der Waals surface area contributed by atoms with Gasteiger partial charge in [0.2, 0.25) is 0 Å². The van der Waals surface area contributed by atoms with Crippen molar-refractivity contribution in [2.24, 2.45) is 0 Å². The highest BCUT2D eigenvalue weighted by Gasteiger charge is 2.41. The van der Waals surface area contributed by atoms with E-state index in [4.69, 9.17) is 10.2 Å². The summed E-state index contributed by atoms with van der Waals surface area (Å²) in [7, 11) is 0. The molecule has 0 fully saturated rings. The summed E-state index contributed by atoms with van der Waals surface area (Å²) in [5.74, 6) is -2.55. The third-order valence-corrected chi connectivity index (χ3v) is 2.35. The number of rotatable bonds is 7. The van der Waals surface area contributed by atoms with Gasteiger partial charge in [-0.15, -0.1) is 0 Å². The van der Waals surface area contributed by atoms with E-state index in [1.165, 1.54) is 0 Å². The van der Waals surface area contributed by atoms with Gasteiger partial charge >= 0.3 is 0 Å². The Morgan fingerprint density at radius 3 is 1.88 bits per heavy atom. The van der Waals surface area contributed by atoms with Crippen molar-refractivity contribution in [2.45, 2.75) is 50.0 Å². The molecule has 0 aromatic rings. The van der Waals surface area contributed by atoms with Gasteiger partial charge in [0.25, 0.3) is 0 Å². The van der Waals surface area contributed by atoms with E-state index in [9.17, 15) is 25.5 Å². The van der Waals surface area contributed by atoms with E-state index in [-0.39, 0.29) is 6.42 Å². The molecule has 0 aliphatic heterocycles. The highest BCUT2D eigenvalue weighted by molar-refractivity contribution is 4.87. The fourth-order valence-electron chi connectivity index (χ4n) is 1.31. The summed E-state index contributed by atoms with van der Waals surface area (Å²) in [6, 6.07) is 0. The Bertz CT molecular complexity index is 196. The second kappa shape index (κ2) is 6.45. The second-order valence-corrected chi connectivity index (χ2v) is 3.80. The van der Waals surface area contributed by atoms with Gasteiger partial charge in [-0.05, 0) is 0 Å². The van der Waals surface area contributed by atoms with Crippen LogP contribution in [0.1, 0.15) is 19.8 Å². The molecule has 7 nitrogen and oxygen atoms in total. The van der Waals surface area contributed by atoms with Crippen LogP contribution in [-0.2, 0) is 0 Å². The van der Waals surface area contributed by atoms with Crippen molar-refractivity contribution in [1.29, 1.82) is 0 Å². The van der Waals surface area contributed by atoms with Crippen LogP contribution >= 0.6 is 0 Å². The van der Waals surface area contributed by atoms with Crippen LogP contribution in [0.4, 0.5) is 0 Å². The van der Waals surface area contributed by atoms with Crippen molar-refractivity contribution >= 4 is 0 Å². The van der Waals surface area contributed by atoms with Crippen LogP contribution in [-0.4, -0.2) is 72.6 Å². The Labute approximate surface area is 93.2 Å². The maximum absolute atomic E-state index is 9.39. The molecule has 0 bridgehead atoms. The van der Waals surface area contributed by atoms with Crippen LogP contribution in [0.15, 0.2) is 0 Å². The lowest BCUT2D eigenvalue weighted by atomic mass is 9.94. The first kappa shape index (κ1) is 15.7. The van der Waals surface area contributed by atoms with Crippen LogP contribution in [0.2, 0.25) is 0 Å². The Kier molecular flexibility index (Phi) is 6.34. The average molecular weight is 240 g/mol. The number of hydrogen-bond donors (Lipinski definition) is 7. The smallest absolute Gasteiger partial charge is 0.192 e. The van der Waals surface area contributed by atoms with E-state index in [0.29, 0.717) is 6.42 Å². The summed E-state index contributed by atoms with van der Waals surface area (Å²) >= 11 is 0. The number of aliphatic hydroxyl groups excluding tert-OH is 5. The van der Waals surface area contributed by atoms with Gasteiger partial charge in [0, 0.05) is 6.42 Å². The lowest BCUT2D eigenvalue weighted by Gasteiger charge is -2.33. The second-order valence-electron chi connectivity index (χ2n) is 3.80. The van der Waals surface area contributed by atoms with Gasteiger partial charge in [-0.1, -0.05) is 13.3 Å². The van der Waals surface area contributed by atoms with Crippen LogP contribution in [0.5, 0.6) is 0 Å². The van der Waals surface area contributed by atoms with Gasteiger partial charge in [0.1, 0.15) is 24.4 Å². The average Bonchev–Trinajstić information content (AvgIpc) is 2.24. The molecule has 0 spiro atoms. The Balaban J connectivity index is 4.53. The summed E-state index contributed by atoms with van der Waals surface area (Å²) in [6.45, 7) is 0.821. The molecule has 0 aliphatic rings. The molecule has 98 valence electrons. The molecule has 0 heterocycles. The molecular weight excluding hydrogens is 220 g/mol. The first-order valence-electron chi connectivity index (χ1n) is 5.05. The molecule has 7 heteroatoms. The zero-order chi connectivity index (χ0) is 12.9. The molecule has 0 aliphatic carbocycles. The monoisotopic (exact) mass is 240 g/mol. The third kappa shape index (κ3) is 3.95. The Morgan fingerprint density at radius 2 is 1.50 bits per heavy atom. The highest BCUT2D eigenvalue weighted by Crippen LogP contribution is 2.19. The largest absolute Gasteiger partial charge is 0.394 e. The van der Waals surface area contributed by atoms with E-state index < -0.39 is 36.8 Å². The molecule has 0 saturated carbocycles. The van der Waals surface area contributed by atoms with Crippen molar-refractivity contribution in [3.8, 4) is 0 Å². The van der Waals surface area contributed by atoms with Gasteiger partial charge in [0.15, 0.2) is 5.79 Å². The molecule has 0 amide bonds. The van der Waals surface area contributed by atoms with Crippen LogP contribution in [0.3, 0.4) is 0 Å². The summed E-state index contributed by atoms with van der Waals surface area (Å²) in [5.41, 5.74) is 0. The topological polar surface area (TPSA) is 142 Å². The molecule has 0 aromatic heterocycles. The minimum atomic E-state index is -2.55. The fourth-order valence-corrected chi connectivity index (χ4v) is 1.31. The normalized spacial score (nSPS) is 20.2. The van der Waals surface area contributed by atoms with E-state index in [1.54, 1.807) is 6.92 Å². The SMILES string of the molecule is CCCC(O)(O)[C@H](O)[C@@H](O)[C@H](O)[C@H](O)CO. The Hall–Kier alpha value is -0.280. The van der Waals surface area contributed by atoms with E-state index in [2.05, 4.69) is 0 Å². The quantitative estimate of drug-likeness (QED) is 0.234. The third-order valence-electron chi connectivity index (χ3n) is 2.35. The summed E-state index contributed by atoms with van der Waals surface area (Å²) in [5, 5.41) is 64.2. The maximum Gasteiger partial charge on any atom is 0.192 e. The van der Waals surface area contributed by atoms with Gasteiger partial charge in [-0.2, -0.15) is 0 Å². The molecule has 0 radical (unpaired) electrons. The minimum Gasteiger partial charge on any atom is -0.394 e. The number of aliphatic hydroxyl groups is 7. The molecule has 7 N–H and O–H groups in total. The summed E-state index contributed by atoms with van der Waals surface area (Å²) in [6.07, 6.45) is -7.40. The van der Waals surface area contributed by atoms with Crippen molar-refractivity contribution in [2.75, 3.05) is 6.61 Å². The van der Waals surface area contributed by atoms with Crippen LogP contribution < -0.4 is 0 Å². The summed E-state index contributed by atoms with van der Waals surface area (Å²) < 4.78 is 0. The first-order chi connectivity index (χ1) is 7.27. The van der Waals surface area contributed by atoms with Gasteiger partial charge < -0.3 is 35.7 Å². The maximum atomic E-state index is 9.39. The lowest BCUT2D eigenvalue weighted by Crippen LogP contribution is -2.55. The summed E-state index contributed by atoms with van der Waals surface area (Å²) in [4.78, 5) is 0. The van der Waals surface area contributed by atoms with Crippen LogP contribution in [0, 0.1) is 0 Å². The van der Waals surface area contributed by atoms with Gasteiger partial charge in [0.05, 0.1) is 6.61 Å². The lowest BCUT2D eigenvalue weighted by molar-refractivity contribution is -0.264. The highest BCUT2D eigenvalue weighted by atomic mass is 16.5. The Morgan fingerprint density at radius 1 is 1.00 bits per heavy atom. The molecule has 0 rings (SSSR count). The predicted octanol–water partition coefficient (Wildman–Crippen LogP) is -3.10. The number of hydrogen-bond acceptors (Lipinski definition) is 7. The molecule has 0 aromatic carbocycles. The molecular formula is C9H20O7. The molecule has 16 heavy (non-hydrogen) atoms. The first-order valence-corrected chi connectivity index (χ1v) is 5.05. The van der Waals surface area contributed by atoms with Crippen LogP contribution in [0.25, 0.3) is 0 Å². The van der Waals surface area contributed by atoms with Crippen molar-refractivity contribution < 1.29 is 35.7 Å². The molecule has 0 unspecified atom stereocenters. The van der Waals surface area contributed by atoms with Crippen molar-refractivity contribution in [1.82, 2.24) is 0 Å². The molecule has 0 saturated heterocycles. The van der Waals surface area contributed by atoms with E-state index in [1.807, 2.05) is 0 Å².